The average Bonchev–Trinajstić information content (AvgIpc) is 2.74. The van der Waals surface area contributed by atoms with Crippen molar-refractivity contribution in [1.82, 2.24) is 10.0 Å². The van der Waals surface area contributed by atoms with Crippen LogP contribution in [-0.2, 0) is 21.4 Å². The Hall–Kier alpha value is -2.38. The summed E-state index contributed by atoms with van der Waals surface area (Å²) in [5.74, 6) is 0.326. The first-order valence-electron chi connectivity index (χ1n) is 10.6. The quantitative estimate of drug-likeness (QED) is 0.668. The number of hydrogen-bond donors (Lipinski definition) is 2. The normalized spacial score (nSPS) is 15.7. The zero-order valence-electron chi connectivity index (χ0n) is 17.2. The SMILES string of the molecule is O=C(COc1ccc(S(=O)(=O)NCc2ccccc2)cc1)NC1CCCCCCC1. The molecule has 0 heterocycles. The predicted molar refractivity (Wildman–Crippen MR) is 117 cm³/mol. The van der Waals surface area contributed by atoms with E-state index >= 15 is 0 Å². The molecule has 0 atom stereocenters. The third-order valence-electron chi connectivity index (χ3n) is 5.28. The van der Waals surface area contributed by atoms with Crippen LogP contribution >= 0.6 is 0 Å². The second kappa shape index (κ2) is 11.1. The molecule has 1 fully saturated rings. The number of hydrogen-bond acceptors (Lipinski definition) is 4. The van der Waals surface area contributed by atoms with Crippen molar-refractivity contribution in [3.8, 4) is 5.75 Å². The highest BCUT2D eigenvalue weighted by atomic mass is 32.2. The number of benzene rings is 2. The number of rotatable bonds is 8. The molecular formula is C23H30N2O4S. The van der Waals surface area contributed by atoms with E-state index in [4.69, 9.17) is 4.74 Å². The van der Waals surface area contributed by atoms with Gasteiger partial charge in [0.25, 0.3) is 5.91 Å². The van der Waals surface area contributed by atoms with Crippen LogP contribution in [0.25, 0.3) is 0 Å². The number of ether oxygens (including phenoxy) is 1. The Morgan fingerprint density at radius 3 is 2.20 bits per heavy atom. The first kappa shape index (κ1) is 22.3. The monoisotopic (exact) mass is 430 g/mol. The Bertz CT molecular complexity index is 891. The summed E-state index contributed by atoms with van der Waals surface area (Å²) in [5, 5.41) is 3.05. The van der Waals surface area contributed by atoms with E-state index in [9.17, 15) is 13.2 Å². The van der Waals surface area contributed by atoms with Gasteiger partial charge in [-0.15, -0.1) is 0 Å². The summed E-state index contributed by atoms with van der Waals surface area (Å²) < 4.78 is 33.0. The van der Waals surface area contributed by atoms with Crippen molar-refractivity contribution in [2.75, 3.05) is 6.61 Å². The third kappa shape index (κ3) is 7.15. The van der Waals surface area contributed by atoms with Gasteiger partial charge in [-0.1, -0.05) is 62.4 Å². The Balaban J connectivity index is 1.47. The Kier molecular flexibility index (Phi) is 8.28. The second-order valence-corrected chi connectivity index (χ2v) is 9.45. The second-order valence-electron chi connectivity index (χ2n) is 7.68. The van der Waals surface area contributed by atoms with Crippen LogP contribution in [0.4, 0.5) is 0 Å². The molecule has 1 amide bonds. The average molecular weight is 431 g/mol. The Labute approximate surface area is 179 Å². The molecule has 2 aromatic carbocycles. The van der Waals surface area contributed by atoms with Gasteiger partial charge in [0, 0.05) is 12.6 Å². The van der Waals surface area contributed by atoms with Crippen molar-refractivity contribution < 1.29 is 17.9 Å². The lowest BCUT2D eigenvalue weighted by Gasteiger charge is -2.21. The fourth-order valence-electron chi connectivity index (χ4n) is 3.59. The van der Waals surface area contributed by atoms with Gasteiger partial charge in [-0.2, -0.15) is 0 Å². The minimum atomic E-state index is -3.62. The van der Waals surface area contributed by atoms with Gasteiger partial charge in [-0.05, 0) is 42.7 Å². The number of carbonyl (C=O) groups is 1. The molecule has 0 aliphatic heterocycles. The van der Waals surface area contributed by atoms with E-state index in [1.54, 1.807) is 12.1 Å². The maximum atomic E-state index is 12.4. The van der Waals surface area contributed by atoms with E-state index in [1.807, 2.05) is 30.3 Å². The molecule has 2 aromatic rings. The van der Waals surface area contributed by atoms with Crippen LogP contribution in [0.15, 0.2) is 59.5 Å². The van der Waals surface area contributed by atoms with Gasteiger partial charge >= 0.3 is 0 Å². The first-order valence-corrected chi connectivity index (χ1v) is 12.1. The molecule has 0 spiro atoms. The molecular weight excluding hydrogens is 400 g/mol. The summed E-state index contributed by atoms with van der Waals surface area (Å²) in [4.78, 5) is 12.3. The topological polar surface area (TPSA) is 84.5 Å². The van der Waals surface area contributed by atoms with Crippen LogP contribution in [0.3, 0.4) is 0 Å². The van der Waals surface area contributed by atoms with Gasteiger partial charge in [0.2, 0.25) is 10.0 Å². The van der Waals surface area contributed by atoms with E-state index in [0.29, 0.717) is 5.75 Å². The highest BCUT2D eigenvalue weighted by Gasteiger charge is 2.16. The van der Waals surface area contributed by atoms with Crippen molar-refractivity contribution in [2.24, 2.45) is 0 Å². The standard InChI is InChI=1S/C23H30N2O4S/c26-23(25-20-11-7-2-1-3-8-12-20)18-29-21-13-15-22(16-14-21)30(27,28)24-17-19-9-5-4-6-10-19/h4-6,9-10,13-16,20,24H,1-3,7-8,11-12,17-18H2,(H,25,26). The number of nitrogens with one attached hydrogen (secondary N) is 2. The van der Waals surface area contributed by atoms with Crippen molar-refractivity contribution in [1.29, 1.82) is 0 Å². The fraction of sp³-hybridized carbons (Fsp3) is 0.435. The zero-order chi connectivity index (χ0) is 21.2. The van der Waals surface area contributed by atoms with E-state index in [0.717, 1.165) is 31.2 Å². The molecule has 0 unspecified atom stereocenters. The summed E-state index contributed by atoms with van der Waals surface area (Å²) in [6.07, 6.45) is 8.11. The minimum absolute atomic E-state index is 0.0745. The van der Waals surface area contributed by atoms with E-state index in [2.05, 4.69) is 10.0 Å². The van der Waals surface area contributed by atoms with Gasteiger partial charge in [0.1, 0.15) is 5.75 Å². The molecule has 0 aromatic heterocycles. The van der Waals surface area contributed by atoms with Crippen LogP contribution in [0.5, 0.6) is 5.75 Å². The lowest BCUT2D eigenvalue weighted by atomic mass is 9.97. The van der Waals surface area contributed by atoms with Crippen molar-refractivity contribution in [3.05, 3.63) is 60.2 Å². The number of amides is 1. The molecule has 3 rings (SSSR count). The van der Waals surface area contributed by atoms with Crippen LogP contribution in [0.2, 0.25) is 0 Å². The van der Waals surface area contributed by atoms with Gasteiger partial charge in [0.05, 0.1) is 4.90 Å². The summed E-state index contributed by atoms with van der Waals surface area (Å²) >= 11 is 0. The Morgan fingerprint density at radius 1 is 0.900 bits per heavy atom. The lowest BCUT2D eigenvalue weighted by molar-refractivity contribution is -0.123. The summed E-state index contributed by atoms with van der Waals surface area (Å²) in [6, 6.07) is 15.7. The summed E-state index contributed by atoms with van der Waals surface area (Å²) in [7, 11) is -3.62. The highest BCUT2D eigenvalue weighted by molar-refractivity contribution is 7.89. The smallest absolute Gasteiger partial charge is 0.258 e. The maximum absolute atomic E-state index is 12.4. The fourth-order valence-corrected chi connectivity index (χ4v) is 4.61. The zero-order valence-corrected chi connectivity index (χ0v) is 18.0. The molecule has 30 heavy (non-hydrogen) atoms. The number of carbonyl (C=O) groups excluding carboxylic acids is 1. The maximum Gasteiger partial charge on any atom is 0.258 e. The van der Waals surface area contributed by atoms with Crippen LogP contribution in [-0.4, -0.2) is 27.0 Å². The van der Waals surface area contributed by atoms with E-state index < -0.39 is 10.0 Å². The molecule has 2 N–H and O–H groups in total. The largest absolute Gasteiger partial charge is 0.484 e. The van der Waals surface area contributed by atoms with Crippen LogP contribution in [0.1, 0.15) is 50.5 Å². The van der Waals surface area contributed by atoms with Gasteiger partial charge in [0.15, 0.2) is 6.61 Å². The van der Waals surface area contributed by atoms with E-state index in [1.165, 1.54) is 31.4 Å². The van der Waals surface area contributed by atoms with Crippen LogP contribution < -0.4 is 14.8 Å². The van der Waals surface area contributed by atoms with Crippen molar-refractivity contribution >= 4 is 15.9 Å². The molecule has 1 aliphatic carbocycles. The lowest BCUT2D eigenvalue weighted by Crippen LogP contribution is -2.38. The van der Waals surface area contributed by atoms with E-state index in [-0.39, 0.29) is 30.0 Å². The van der Waals surface area contributed by atoms with Gasteiger partial charge < -0.3 is 10.1 Å². The van der Waals surface area contributed by atoms with Crippen molar-refractivity contribution in [2.45, 2.75) is 62.4 Å². The highest BCUT2D eigenvalue weighted by Crippen LogP contribution is 2.18. The molecule has 0 saturated heterocycles. The predicted octanol–water partition coefficient (Wildman–Crippen LogP) is 3.77. The molecule has 162 valence electrons. The van der Waals surface area contributed by atoms with Gasteiger partial charge in [-0.25, -0.2) is 13.1 Å². The molecule has 1 saturated carbocycles. The number of sulfonamides is 1. The van der Waals surface area contributed by atoms with Crippen LogP contribution in [0, 0.1) is 0 Å². The summed E-state index contributed by atoms with van der Waals surface area (Å²) in [6.45, 7) is 0.150. The first-order chi connectivity index (χ1) is 14.5. The third-order valence-corrected chi connectivity index (χ3v) is 6.70. The summed E-state index contributed by atoms with van der Waals surface area (Å²) in [5.41, 5.74) is 0.885. The molecule has 7 heteroatoms. The molecule has 0 bridgehead atoms. The van der Waals surface area contributed by atoms with Crippen molar-refractivity contribution in [3.63, 3.8) is 0 Å². The Morgan fingerprint density at radius 2 is 1.53 bits per heavy atom. The molecule has 0 radical (unpaired) electrons. The van der Waals surface area contributed by atoms with Gasteiger partial charge in [-0.3, -0.25) is 4.79 Å². The molecule has 1 aliphatic rings. The molecule has 6 nitrogen and oxygen atoms in total. The minimum Gasteiger partial charge on any atom is -0.484 e.